The van der Waals surface area contributed by atoms with E-state index in [2.05, 4.69) is 44.9 Å². The van der Waals surface area contributed by atoms with E-state index in [4.69, 9.17) is 4.74 Å². The molecule has 0 aliphatic heterocycles. The van der Waals surface area contributed by atoms with Crippen molar-refractivity contribution in [1.82, 2.24) is 0 Å². The second-order valence-electron chi connectivity index (χ2n) is 5.58. The molecule has 0 spiro atoms. The molecule has 0 amide bonds. The van der Waals surface area contributed by atoms with Crippen LogP contribution in [0, 0.1) is 0 Å². The Morgan fingerprint density at radius 2 is 1.78 bits per heavy atom. The Balaban J connectivity index is 2.87. The predicted octanol–water partition coefficient (Wildman–Crippen LogP) is 4.75. The van der Waals surface area contributed by atoms with Gasteiger partial charge in [0.1, 0.15) is 0 Å². The fourth-order valence-electron chi connectivity index (χ4n) is 1.88. The number of hydrogen-bond acceptors (Lipinski definition) is 1. The van der Waals surface area contributed by atoms with Gasteiger partial charge in [-0.1, -0.05) is 62.1 Å². The number of ether oxygens (including phenoxy) is 1. The topological polar surface area (TPSA) is 9.23 Å². The molecule has 1 rings (SSSR count). The molecule has 0 bridgehead atoms. The molecule has 2 unspecified atom stereocenters. The average Bonchev–Trinajstić information content (AvgIpc) is 2.34. The van der Waals surface area contributed by atoms with Crippen molar-refractivity contribution >= 4 is 8.07 Å². The molecular weight excluding hydrogens is 236 g/mol. The van der Waals surface area contributed by atoms with Gasteiger partial charge < -0.3 is 4.74 Å². The summed E-state index contributed by atoms with van der Waals surface area (Å²) < 4.78 is 6.26. The van der Waals surface area contributed by atoms with Gasteiger partial charge in [0, 0.05) is 0 Å². The second-order valence-corrected chi connectivity index (χ2v) is 10.9. The molecule has 0 aromatic heterocycles. The minimum Gasteiger partial charge on any atom is -0.369 e. The van der Waals surface area contributed by atoms with Gasteiger partial charge >= 0.3 is 0 Å². The van der Waals surface area contributed by atoms with Crippen molar-refractivity contribution in [3.05, 3.63) is 61.2 Å². The zero-order chi connectivity index (χ0) is 13.6. The molecule has 0 aliphatic carbocycles. The van der Waals surface area contributed by atoms with Crippen molar-refractivity contribution in [3.8, 4) is 0 Å². The van der Waals surface area contributed by atoms with E-state index >= 15 is 0 Å². The molecule has 18 heavy (non-hydrogen) atoms. The highest BCUT2D eigenvalue weighted by Crippen LogP contribution is 2.26. The average molecular weight is 260 g/mol. The summed E-state index contributed by atoms with van der Waals surface area (Å²) in [6.45, 7) is 14.6. The molecule has 1 nitrogen and oxygen atoms in total. The summed E-state index contributed by atoms with van der Waals surface area (Å²) in [5, 5.41) is 0. The highest BCUT2D eigenvalue weighted by Gasteiger charge is 2.27. The highest BCUT2D eigenvalue weighted by atomic mass is 28.3. The van der Waals surface area contributed by atoms with Gasteiger partial charge in [-0.05, 0) is 12.0 Å². The summed E-state index contributed by atoms with van der Waals surface area (Å²) in [6, 6.07) is 10.3. The van der Waals surface area contributed by atoms with Gasteiger partial charge in [-0.25, -0.2) is 0 Å². The minimum absolute atomic E-state index is 0.0819. The van der Waals surface area contributed by atoms with E-state index in [1.54, 1.807) is 0 Å². The normalized spacial score (nSPS) is 14.8. The summed E-state index contributed by atoms with van der Waals surface area (Å²) in [5.41, 5.74) is 1.38. The van der Waals surface area contributed by atoms with E-state index in [1.165, 1.54) is 5.56 Å². The Hall–Kier alpha value is -1.12. The number of hydrogen-bond donors (Lipinski definition) is 0. The molecule has 0 aliphatic rings. The summed E-state index contributed by atoms with van der Waals surface area (Å²) in [7, 11) is -1.39. The molecule has 0 saturated heterocycles. The number of benzene rings is 1. The van der Waals surface area contributed by atoms with E-state index in [1.807, 2.05) is 30.4 Å². The van der Waals surface area contributed by atoms with Crippen LogP contribution in [0.5, 0.6) is 0 Å². The van der Waals surface area contributed by atoms with Crippen molar-refractivity contribution in [1.29, 1.82) is 0 Å². The maximum absolute atomic E-state index is 6.26. The second kappa shape index (κ2) is 6.71. The van der Waals surface area contributed by atoms with Crippen LogP contribution in [0.15, 0.2) is 55.6 Å². The van der Waals surface area contributed by atoms with Crippen LogP contribution in [0.25, 0.3) is 0 Å². The van der Waals surface area contributed by atoms with Crippen LogP contribution in [0.1, 0.15) is 18.1 Å². The van der Waals surface area contributed by atoms with Gasteiger partial charge in [0.2, 0.25) is 0 Å². The molecule has 2 atom stereocenters. The lowest BCUT2D eigenvalue weighted by Gasteiger charge is -2.30. The monoisotopic (exact) mass is 260 g/mol. The molecular formula is C16H24OSi. The van der Waals surface area contributed by atoms with Gasteiger partial charge in [-0.2, -0.15) is 0 Å². The van der Waals surface area contributed by atoms with E-state index in [9.17, 15) is 0 Å². The molecule has 0 heterocycles. The first kappa shape index (κ1) is 14.9. The minimum atomic E-state index is -1.39. The number of rotatable bonds is 7. The van der Waals surface area contributed by atoms with Gasteiger partial charge in [0.05, 0.1) is 19.9 Å². The van der Waals surface area contributed by atoms with Crippen LogP contribution >= 0.6 is 0 Å². The van der Waals surface area contributed by atoms with Crippen molar-refractivity contribution in [2.45, 2.75) is 37.9 Å². The third-order valence-corrected chi connectivity index (χ3v) is 5.01. The largest absolute Gasteiger partial charge is 0.369 e. The van der Waals surface area contributed by atoms with E-state index < -0.39 is 8.07 Å². The lowest BCUT2D eigenvalue weighted by atomic mass is 10.1. The van der Waals surface area contributed by atoms with Gasteiger partial charge in [0.25, 0.3) is 0 Å². The first-order valence-electron chi connectivity index (χ1n) is 6.43. The Kier molecular flexibility index (Phi) is 5.57. The van der Waals surface area contributed by atoms with Crippen LogP contribution < -0.4 is 0 Å². The predicted molar refractivity (Wildman–Crippen MR) is 82.4 cm³/mol. The first-order chi connectivity index (χ1) is 8.49. The molecule has 98 valence electrons. The smallest absolute Gasteiger partial charge is 0.0863 e. The summed E-state index contributed by atoms with van der Waals surface area (Å²) >= 11 is 0. The van der Waals surface area contributed by atoms with E-state index in [0.29, 0.717) is 0 Å². The standard InChI is InChI=1S/C16H24OSi/c1-6-11-15(14-12-9-8-10-13-14)17-16(7-2)18(3,4)5/h6-10,12-13,15-16H,1-2,11H2,3-5H3. The van der Waals surface area contributed by atoms with Gasteiger partial charge in [0.15, 0.2) is 0 Å². The summed E-state index contributed by atoms with van der Waals surface area (Å²) in [4.78, 5) is 0. The Labute approximate surface area is 112 Å². The molecule has 1 aromatic rings. The third kappa shape index (κ3) is 4.28. The fraction of sp³-hybridized carbons (Fsp3) is 0.375. The first-order valence-corrected chi connectivity index (χ1v) is 10.0. The van der Waals surface area contributed by atoms with Crippen LogP contribution in [-0.4, -0.2) is 13.8 Å². The highest BCUT2D eigenvalue weighted by molar-refractivity contribution is 6.77. The maximum atomic E-state index is 6.26. The van der Waals surface area contributed by atoms with Crippen molar-refractivity contribution < 1.29 is 4.74 Å². The SMILES string of the molecule is C=CCC(OC(C=C)[Si](C)(C)C)c1ccccc1. The summed E-state index contributed by atoms with van der Waals surface area (Å²) in [6.07, 6.45) is 4.78. The van der Waals surface area contributed by atoms with Gasteiger partial charge in [-0.15, -0.1) is 13.2 Å². The zero-order valence-corrected chi connectivity index (χ0v) is 12.7. The van der Waals surface area contributed by atoms with Crippen LogP contribution in [0.4, 0.5) is 0 Å². The molecule has 0 N–H and O–H groups in total. The van der Waals surface area contributed by atoms with Crippen LogP contribution in [-0.2, 0) is 4.74 Å². The summed E-state index contributed by atoms with van der Waals surface area (Å²) in [5.74, 6) is 0. The maximum Gasteiger partial charge on any atom is 0.0863 e. The Morgan fingerprint density at radius 1 is 1.17 bits per heavy atom. The zero-order valence-electron chi connectivity index (χ0n) is 11.7. The third-order valence-electron chi connectivity index (χ3n) is 2.93. The van der Waals surface area contributed by atoms with E-state index in [-0.39, 0.29) is 11.8 Å². The van der Waals surface area contributed by atoms with Gasteiger partial charge in [-0.3, -0.25) is 0 Å². The molecule has 0 fully saturated rings. The molecule has 2 heteroatoms. The van der Waals surface area contributed by atoms with Crippen molar-refractivity contribution in [3.63, 3.8) is 0 Å². The Bertz CT molecular complexity index is 378. The molecule has 1 aromatic carbocycles. The fourth-order valence-corrected chi connectivity index (χ4v) is 3.16. The van der Waals surface area contributed by atoms with Crippen molar-refractivity contribution in [2.75, 3.05) is 0 Å². The van der Waals surface area contributed by atoms with E-state index in [0.717, 1.165) is 6.42 Å². The quantitative estimate of drug-likeness (QED) is 0.507. The molecule has 0 saturated carbocycles. The Morgan fingerprint density at radius 3 is 2.22 bits per heavy atom. The van der Waals surface area contributed by atoms with Crippen molar-refractivity contribution in [2.24, 2.45) is 0 Å². The lowest BCUT2D eigenvalue weighted by Crippen LogP contribution is -2.39. The van der Waals surface area contributed by atoms with Crippen LogP contribution in [0.2, 0.25) is 19.6 Å². The van der Waals surface area contributed by atoms with Crippen LogP contribution in [0.3, 0.4) is 0 Å². The molecule has 0 radical (unpaired) electrons. The lowest BCUT2D eigenvalue weighted by molar-refractivity contribution is 0.0487.